The molecular weight excluding hydrogens is 1010 g/mol. The maximum absolute atomic E-state index is 13.0. The summed E-state index contributed by atoms with van der Waals surface area (Å²) in [4.78, 5) is 38.5. The molecule has 0 saturated carbocycles. The molecule has 1 atom stereocenters. The van der Waals surface area contributed by atoms with Crippen LogP contribution in [0.25, 0.3) is 0 Å². The van der Waals surface area contributed by atoms with Crippen molar-refractivity contribution in [3.05, 3.63) is 109 Å². The molecule has 0 saturated heterocycles. The summed E-state index contributed by atoms with van der Waals surface area (Å²) in [5, 5.41) is 0. The predicted octanol–water partition coefficient (Wildman–Crippen LogP) is 24.2. The number of hydrogen-bond acceptors (Lipinski definition) is 6. The SMILES string of the molecule is CC/C=C\C/C=C\C/C=C\C/C=C\CCCCCCCCC(=O)OC(COC(=O)CCCCCCCCC/C=C\C/C=C\CCCCCC)COC(=O)CCCCCCCCCCCCCC/C=C\C/C=C\C/C=C\CCCCCCC. The smallest absolute Gasteiger partial charge is 0.306 e. The highest BCUT2D eigenvalue weighted by Crippen LogP contribution is 2.16. The number of carbonyl (C=O) groups is 3. The molecule has 0 heterocycles. The van der Waals surface area contributed by atoms with Gasteiger partial charge in [0.25, 0.3) is 0 Å². The van der Waals surface area contributed by atoms with Crippen LogP contribution in [0.4, 0.5) is 0 Å². The number of esters is 3. The summed E-state index contributed by atoms with van der Waals surface area (Å²) in [5.74, 6) is -0.899. The standard InChI is InChI=1S/C76H130O6/c1-4-7-10-13-16-19-22-25-28-31-34-35-36-37-38-39-40-41-43-45-48-51-54-57-60-63-66-69-75(78)81-72-73(71-80-74(77)68-65-62-59-56-53-50-47-44-33-30-27-24-21-18-15-12-9-6-3)82-76(79)70-67-64-61-58-55-52-49-46-42-32-29-26-23-20-17-14-11-8-5-2/h8,11,17,20-22,24-26,29-31,33-34,36-37,42,46,73H,4-7,9-10,12-16,18-19,23,27-28,32,35,38-41,43-45,47-72H2,1-3H3/b11-8-,20-17-,24-21-,25-22-,29-26-,33-30-,34-31-,37-36-,46-42-. The van der Waals surface area contributed by atoms with Crippen LogP contribution in [0.3, 0.4) is 0 Å². The second-order valence-electron chi connectivity index (χ2n) is 23.1. The second-order valence-corrected chi connectivity index (χ2v) is 23.1. The van der Waals surface area contributed by atoms with E-state index >= 15 is 0 Å². The Morgan fingerprint density at radius 3 is 0.756 bits per heavy atom. The molecule has 6 nitrogen and oxygen atoms in total. The van der Waals surface area contributed by atoms with E-state index in [-0.39, 0.29) is 31.1 Å². The fourth-order valence-corrected chi connectivity index (χ4v) is 9.77. The highest BCUT2D eigenvalue weighted by atomic mass is 16.6. The van der Waals surface area contributed by atoms with Crippen LogP contribution in [0, 0.1) is 0 Å². The van der Waals surface area contributed by atoms with E-state index in [9.17, 15) is 14.4 Å². The van der Waals surface area contributed by atoms with Crippen molar-refractivity contribution >= 4 is 17.9 Å². The zero-order valence-electron chi connectivity index (χ0n) is 54.0. The summed E-state index contributed by atoms with van der Waals surface area (Å²) in [7, 11) is 0. The van der Waals surface area contributed by atoms with Crippen molar-refractivity contribution in [3.8, 4) is 0 Å². The highest BCUT2D eigenvalue weighted by molar-refractivity contribution is 5.71. The van der Waals surface area contributed by atoms with Gasteiger partial charge in [0.2, 0.25) is 0 Å². The van der Waals surface area contributed by atoms with Crippen molar-refractivity contribution in [2.75, 3.05) is 13.2 Å². The highest BCUT2D eigenvalue weighted by Gasteiger charge is 2.19. The Bertz CT molecular complexity index is 1640. The van der Waals surface area contributed by atoms with Gasteiger partial charge in [-0.15, -0.1) is 0 Å². The molecule has 6 heteroatoms. The first-order valence-electron chi connectivity index (χ1n) is 34.9. The molecule has 0 rings (SSSR count). The third-order valence-corrected chi connectivity index (χ3v) is 15.0. The van der Waals surface area contributed by atoms with Gasteiger partial charge in [0.05, 0.1) is 0 Å². The summed E-state index contributed by atoms with van der Waals surface area (Å²) in [6.07, 6.45) is 95.3. The lowest BCUT2D eigenvalue weighted by atomic mass is 10.0. The van der Waals surface area contributed by atoms with Crippen molar-refractivity contribution in [3.63, 3.8) is 0 Å². The molecule has 0 bridgehead atoms. The number of unbranched alkanes of at least 4 members (excludes halogenated alkanes) is 34. The third kappa shape index (κ3) is 66.9. The van der Waals surface area contributed by atoms with E-state index in [1.54, 1.807) is 0 Å². The van der Waals surface area contributed by atoms with Gasteiger partial charge in [0.15, 0.2) is 6.10 Å². The lowest BCUT2D eigenvalue weighted by Gasteiger charge is -2.18. The largest absolute Gasteiger partial charge is 0.462 e. The van der Waals surface area contributed by atoms with Crippen molar-refractivity contribution in [1.82, 2.24) is 0 Å². The number of ether oxygens (including phenoxy) is 3. The molecule has 470 valence electrons. The van der Waals surface area contributed by atoms with Gasteiger partial charge in [0, 0.05) is 19.3 Å². The van der Waals surface area contributed by atoms with Gasteiger partial charge in [-0.05, 0) is 128 Å². The van der Waals surface area contributed by atoms with Crippen molar-refractivity contribution in [2.24, 2.45) is 0 Å². The van der Waals surface area contributed by atoms with Gasteiger partial charge in [-0.1, -0.05) is 297 Å². The van der Waals surface area contributed by atoms with Gasteiger partial charge in [-0.2, -0.15) is 0 Å². The molecule has 1 unspecified atom stereocenters. The summed E-state index contributed by atoms with van der Waals surface area (Å²) in [6.45, 7) is 6.51. The Morgan fingerprint density at radius 2 is 0.476 bits per heavy atom. The quantitative estimate of drug-likeness (QED) is 0.0261. The van der Waals surface area contributed by atoms with Crippen LogP contribution in [0.1, 0.15) is 335 Å². The topological polar surface area (TPSA) is 78.9 Å². The van der Waals surface area contributed by atoms with E-state index in [4.69, 9.17) is 14.2 Å². The molecule has 82 heavy (non-hydrogen) atoms. The Hall–Kier alpha value is -3.93. The van der Waals surface area contributed by atoms with Crippen molar-refractivity contribution < 1.29 is 28.6 Å². The number of rotatable bonds is 63. The first-order chi connectivity index (χ1) is 40.5. The van der Waals surface area contributed by atoms with E-state index in [0.717, 1.165) is 122 Å². The van der Waals surface area contributed by atoms with E-state index in [0.29, 0.717) is 19.3 Å². The van der Waals surface area contributed by atoms with E-state index < -0.39 is 6.10 Å². The predicted molar refractivity (Wildman–Crippen MR) is 357 cm³/mol. The molecule has 0 radical (unpaired) electrons. The fraction of sp³-hybridized carbons (Fsp3) is 0.724. The Balaban J connectivity index is 4.37. The average molecular weight is 1140 g/mol. The normalized spacial score (nSPS) is 12.8. The lowest BCUT2D eigenvalue weighted by Crippen LogP contribution is -2.30. The molecule has 0 aromatic carbocycles. The van der Waals surface area contributed by atoms with Gasteiger partial charge < -0.3 is 14.2 Å². The summed E-state index contributed by atoms with van der Waals surface area (Å²) >= 11 is 0. The molecule has 0 fully saturated rings. The van der Waals surface area contributed by atoms with Crippen molar-refractivity contribution in [2.45, 2.75) is 341 Å². The van der Waals surface area contributed by atoms with Crippen LogP contribution in [0.2, 0.25) is 0 Å². The summed E-state index contributed by atoms with van der Waals surface area (Å²) in [6, 6.07) is 0. The summed E-state index contributed by atoms with van der Waals surface area (Å²) in [5.41, 5.74) is 0. The molecule has 0 N–H and O–H groups in total. The number of hydrogen-bond donors (Lipinski definition) is 0. The van der Waals surface area contributed by atoms with Crippen LogP contribution < -0.4 is 0 Å². The van der Waals surface area contributed by atoms with Crippen LogP contribution in [0.15, 0.2) is 109 Å². The minimum Gasteiger partial charge on any atom is -0.462 e. The molecule has 0 aromatic heterocycles. The minimum absolute atomic E-state index is 0.0874. The van der Waals surface area contributed by atoms with Crippen LogP contribution in [-0.4, -0.2) is 37.2 Å². The maximum atomic E-state index is 13.0. The molecule has 0 spiro atoms. The fourth-order valence-electron chi connectivity index (χ4n) is 9.77. The minimum atomic E-state index is -0.794. The van der Waals surface area contributed by atoms with E-state index in [1.165, 1.54) is 173 Å². The summed E-state index contributed by atoms with van der Waals surface area (Å²) < 4.78 is 17.0. The third-order valence-electron chi connectivity index (χ3n) is 15.0. The zero-order valence-corrected chi connectivity index (χ0v) is 54.0. The maximum Gasteiger partial charge on any atom is 0.306 e. The van der Waals surface area contributed by atoms with Gasteiger partial charge >= 0.3 is 17.9 Å². The van der Waals surface area contributed by atoms with Crippen LogP contribution in [0.5, 0.6) is 0 Å². The zero-order chi connectivity index (χ0) is 59.2. The Kier molecular flexibility index (Phi) is 66.2. The number of carbonyl (C=O) groups excluding carboxylic acids is 3. The lowest BCUT2D eigenvalue weighted by molar-refractivity contribution is -0.167. The van der Waals surface area contributed by atoms with E-state index in [2.05, 4.69) is 130 Å². The number of allylic oxidation sites excluding steroid dienone is 18. The Labute approximate surface area is 508 Å². The molecule has 0 aliphatic rings. The monoisotopic (exact) mass is 1140 g/mol. The van der Waals surface area contributed by atoms with Gasteiger partial charge in [-0.25, -0.2) is 0 Å². The first kappa shape index (κ1) is 78.1. The Morgan fingerprint density at radius 1 is 0.256 bits per heavy atom. The van der Waals surface area contributed by atoms with E-state index in [1.807, 2.05) is 0 Å². The van der Waals surface area contributed by atoms with Crippen LogP contribution >= 0.6 is 0 Å². The average Bonchev–Trinajstić information content (AvgIpc) is 3.47. The second kappa shape index (κ2) is 69.6. The molecule has 0 aromatic rings. The molecule has 0 aliphatic carbocycles. The first-order valence-corrected chi connectivity index (χ1v) is 34.9. The molecule has 0 aliphatic heterocycles. The molecule has 0 amide bonds. The van der Waals surface area contributed by atoms with Crippen molar-refractivity contribution in [1.29, 1.82) is 0 Å². The van der Waals surface area contributed by atoms with Crippen LogP contribution in [-0.2, 0) is 28.6 Å². The molecular formula is C76H130O6. The van der Waals surface area contributed by atoms with Gasteiger partial charge in [0.1, 0.15) is 13.2 Å². The van der Waals surface area contributed by atoms with Gasteiger partial charge in [-0.3, -0.25) is 14.4 Å².